The average molecular weight is 129 g/mol. The van der Waals surface area contributed by atoms with E-state index >= 15 is 0 Å². The smallest absolute Gasteiger partial charge is 0.217 e. The number of rotatable bonds is 3. The predicted molar refractivity (Wildman–Crippen MR) is 34.0 cm³/mol. The maximum Gasteiger partial charge on any atom is 0.217 e. The third-order valence-corrected chi connectivity index (χ3v) is 0.929. The lowest BCUT2D eigenvalue weighted by Crippen LogP contribution is -2.26. The molecule has 52 valence electrons. The second kappa shape index (κ2) is 4.06. The van der Waals surface area contributed by atoms with Crippen molar-refractivity contribution >= 4 is 11.7 Å². The molecule has 0 unspecified atom stereocenters. The minimum absolute atomic E-state index is 0.0604. The van der Waals surface area contributed by atoms with E-state index in [1.54, 1.807) is 6.92 Å². The van der Waals surface area contributed by atoms with Gasteiger partial charge in [-0.3, -0.25) is 9.59 Å². The van der Waals surface area contributed by atoms with E-state index in [0.717, 1.165) is 0 Å². The molecule has 9 heavy (non-hydrogen) atoms. The quantitative estimate of drug-likeness (QED) is 0.587. The predicted octanol–water partition coefficient (Wildman–Crippen LogP) is 0.102. The van der Waals surface area contributed by atoms with Gasteiger partial charge < -0.3 is 5.32 Å². The molecule has 0 heterocycles. The standard InChI is InChI=1S/C6H11NO2/c1-3-6(9)4-7-5(2)8/h3-4H2,1-2H3,(H,7,8). The summed E-state index contributed by atoms with van der Waals surface area (Å²) in [7, 11) is 0. The molecule has 0 aliphatic heterocycles. The van der Waals surface area contributed by atoms with Gasteiger partial charge in [-0.1, -0.05) is 6.92 Å². The number of carbonyl (C=O) groups excluding carboxylic acids is 2. The van der Waals surface area contributed by atoms with Crippen molar-refractivity contribution in [2.45, 2.75) is 20.3 Å². The molecule has 0 atom stereocenters. The van der Waals surface area contributed by atoms with Crippen LogP contribution >= 0.6 is 0 Å². The molecule has 3 nitrogen and oxygen atoms in total. The SMILES string of the molecule is CCC(=O)CNC(C)=O. The molecule has 3 heteroatoms. The summed E-state index contributed by atoms with van der Waals surface area (Å²) in [6.07, 6.45) is 0.486. The molecule has 0 spiro atoms. The van der Waals surface area contributed by atoms with E-state index in [1.807, 2.05) is 0 Å². The van der Waals surface area contributed by atoms with Gasteiger partial charge in [0.25, 0.3) is 0 Å². The minimum Gasteiger partial charge on any atom is -0.349 e. The highest BCUT2D eigenvalue weighted by Crippen LogP contribution is 1.76. The van der Waals surface area contributed by atoms with Crippen LogP contribution in [0.2, 0.25) is 0 Å². The van der Waals surface area contributed by atoms with Gasteiger partial charge in [-0.15, -0.1) is 0 Å². The lowest BCUT2D eigenvalue weighted by Gasteiger charge is -1.96. The summed E-state index contributed by atoms with van der Waals surface area (Å²) in [6, 6.07) is 0. The summed E-state index contributed by atoms with van der Waals surface area (Å²) in [5.41, 5.74) is 0. The lowest BCUT2D eigenvalue weighted by molar-refractivity contribution is -0.123. The first-order chi connectivity index (χ1) is 4.16. The number of Topliss-reactive ketones (excluding diaryl/α,β-unsaturated/α-hetero) is 1. The molecule has 1 N–H and O–H groups in total. The fraction of sp³-hybridized carbons (Fsp3) is 0.667. The zero-order valence-electron chi connectivity index (χ0n) is 5.73. The van der Waals surface area contributed by atoms with Crippen LogP contribution in [0.15, 0.2) is 0 Å². The second-order valence-corrected chi connectivity index (χ2v) is 1.80. The van der Waals surface area contributed by atoms with Crippen molar-refractivity contribution in [3.63, 3.8) is 0 Å². The van der Waals surface area contributed by atoms with Gasteiger partial charge in [-0.2, -0.15) is 0 Å². The summed E-state index contributed by atoms with van der Waals surface area (Å²) < 4.78 is 0. The molecule has 0 aromatic rings. The van der Waals surface area contributed by atoms with E-state index < -0.39 is 0 Å². The average Bonchev–Trinajstić information content (AvgIpc) is 1.83. The Morgan fingerprint density at radius 3 is 2.33 bits per heavy atom. The first-order valence-electron chi connectivity index (χ1n) is 2.93. The van der Waals surface area contributed by atoms with Crippen molar-refractivity contribution < 1.29 is 9.59 Å². The van der Waals surface area contributed by atoms with E-state index in [1.165, 1.54) is 6.92 Å². The van der Waals surface area contributed by atoms with Crippen LogP contribution in [0.4, 0.5) is 0 Å². The van der Waals surface area contributed by atoms with E-state index in [4.69, 9.17) is 0 Å². The van der Waals surface area contributed by atoms with Gasteiger partial charge in [0, 0.05) is 13.3 Å². The molecule has 0 saturated heterocycles. The molecule has 0 aliphatic rings. The Hall–Kier alpha value is -0.860. The largest absolute Gasteiger partial charge is 0.349 e. The Morgan fingerprint density at radius 1 is 1.44 bits per heavy atom. The summed E-state index contributed by atoms with van der Waals surface area (Å²) in [4.78, 5) is 20.7. The molecule has 0 fully saturated rings. The molecule has 0 bridgehead atoms. The summed E-state index contributed by atoms with van der Waals surface area (Å²) >= 11 is 0. The van der Waals surface area contributed by atoms with E-state index in [9.17, 15) is 9.59 Å². The lowest BCUT2D eigenvalue weighted by atomic mass is 10.3. The van der Waals surface area contributed by atoms with E-state index in [2.05, 4.69) is 5.32 Å². The van der Waals surface area contributed by atoms with Crippen molar-refractivity contribution in [3.8, 4) is 0 Å². The van der Waals surface area contributed by atoms with Gasteiger partial charge in [-0.25, -0.2) is 0 Å². The van der Waals surface area contributed by atoms with Crippen molar-refractivity contribution in [3.05, 3.63) is 0 Å². The van der Waals surface area contributed by atoms with Crippen LogP contribution in [-0.2, 0) is 9.59 Å². The van der Waals surface area contributed by atoms with Gasteiger partial charge in [0.05, 0.1) is 6.54 Å². The zero-order valence-corrected chi connectivity index (χ0v) is 5.73. The van der Waals surface area contributed by atoms with Crippen molar-refractivity contribution in [1.29, 1.82) is 0 Å². The first-order valence-corrected chi connectivity index (χ1v) is 2.93. The second-order valence-electron chi connectivity index (χ2n) is 1.80. The van der Waals surface area contributed by atoms with Gasteiger partial charge in [0.2, 0.25) is 5.91 Å². The highest BCUT2D eigenvalue weighted by Gasteiger charge is 1.96. The number of ketones is 1. The Bertz CT molecular complexity index is 120. The Morgan fingerprint density at radius 2 is 2.00 bits per heavy atom. The molecule has 0 saturated carbocycles. The Kier molecular flexibility index (Phi) is 3.67. The summed E-state index contributed by atoms with van der Waals surface area (Å²) in [6.45, 7) is 3.33. The van der Waals surface area contributed by atoms with Gasteiger partial charge in [-0.05, 0) is 0 Å². The Labute approximate surface area is 54.4 Å². The van der Waals surface area contributed by atoms with Crippen LogP contribution in [0.3, 0.4) is 0 Å². The van der Waals surface area contributed by atoms with Crippen LogP contribution in [0.1, 0.15) is 20.3 Å². The maximum absolute atomic E-state index is 10.5. The third-order valence-electron chi connectivity index (χ3n) is 0.929. The fourth-order valence-electron chi connectivity index (χ4n) is 0.348. The molecule has 0 aromatic heterocycles. The topological polar surface area (TPSA) is 46.2 Å². The van der Waals surface area contributed by atoms with Gasteiger partial charge in [0.1, 0.15) is 0 Å². The normalized spacial score (nSPS) is 8.67. The molecule has 0 rings (SSSR count). The van der Waals surface area contributed by atoms with Crippen LogP contribution in [0, 0.1) is 0 Å². The number of amides is 1. The van der Waals surface area contributed by atoms with E-state index in [-0.39, 0.29) is 18.2 Å². The van der Waals surface area contributed by atoms with Gasteiger partial charge >= 0.3 is 0 Å². The van der Waals surface area contributed by atoms with Crippen molar-refractivity contribution in [1.82, 2.24) is 5.32 Å². The minimum atomic E-state index is -0.156. The van der Waals surface area contributed by atoms with Crippen LogP contribution in [0.25, 0.3) is 0 Å². The molecule has 0 aliphatic carbocycles. The number of nitrogens with one attached hydrogen (secondary N) is 1. The number of carbonyl (C=O) groups is 2. The number of hydrogen-bond donors (Lipinski definition) is 1. The van der Waals surface area contributed by atoms with Gasteiger partial charge in [0.15, 0.2) is 5.78 Å². The van der Waals surface area contributed by atoms with Crippen LogP contribution in [-0.4, -0.2) is 18.2 Å². The zero-order chi connectivity index (χ0) is 7.28. The van der Waals surface area contributed by atoms with Crippen LogP contribution < -0.4 is 5.32 Å². The summed E-state index contributed by atoms with van der Waals surface area (Å²) in [5, 5.41) is 2.41. The van der Waals surface area contributed by atoms with Crippen molar-refractivity contribution in [2.75, 3.05) is 6.54 Å². The first kappa shape index (κ1) is 8.14. The Balaban J connectivity index is 3.28. The number of hydrogen-bond acceptors (Lipinski definition) is 2. The molecular weight excluding hydrogens is 118 g/mol. The molecule has 1 amide bonds. The fourth-order valence-corrected chi connectivity index (χ4v) is 0.348. The molecular formula is C6H11NO2. The van der Waals surface area contributed by atoms with Crippen LogP contribution in [0.5, 0.6) is 0 Å². The summed E-state index contributed by atoms with van der Waals surface area (Å²) in [5.74, 6) is -0.0954. The molecule has 0 aromatic carbocycles. The third kappa shape index (κ3) is 5.00. The molecule has 0 radical (unpaired) electrons. The monoisotopic (exact) mass is 129 g/mol. The highest BCUT2D eigenvalue weighted by atomic mass is 16.2. The highest BCUT2D eigenvalue weighted by molar-refractivity contribution is 5.84. The van der Waals surface area contributed by atoms with Crippen molar-refractivity contribution in [2.24, 2.45) is 0 Å². The maximum atomic E-state index is 10.5. The van der Waals surface area contributed by atoms with E-state index in [0.29, 0.717) is 6.42 Å².